The van der Waals surface area contributed by atoms with Gasteiger partial charge < -0.3 is 9.72 Å². The minimum atomic E-state index is 0.570. The quantitative estimate of drug-likeness (QED) is 0.581. The predicted molar refractivity (Wildman–Crippen MR) is 95.4 cm³/mol. The van der Waals surface area contributed by atoms with Crippen LogP contribution >= 0.6 is 11.6 Å². The number of hydrogen-bond acceptors (Lipinski definition) is 4. The monoisotopic (exact) mass is 349 g/mol. The molecule has 0 spiro atoms. The van der Waals surface area contributed by atoms with Crippen molar-refractivity contribution in [2.75, 3.05) is 7.11 Å². The first-order valence-electron chi connectivity index (χ1n) is 7.48. The summed E-state index contributed by atoms with van der Waals surface area (Å²) in [5.41, 5.74) is 4.31. The fraction of sp³-hybridized carbons (Fsp3) is 0.0556. The van der Waals surface area contributed by atoms with E-state index in [0.717, 1.165) is 16.6 Å². The number of nitrogens with one attached hydrogen (secondary N) is 2. The van der Waals surface area contributed by atoms with E-state index in [4.69, 9.17) is 21.6 Å². The molecule has 0 saturated carbocycles. The number of aromatic amines is 2. The number of fused-ring (bicyclic) bond motifs is 1. The van der Waals surface area contributed by atoms with Crippen molar-refractivity contribution >= 4 is 22.6 Å². The average molecular weight is 350 g/mol. The Morgan fingerprint density at radius 2 is 1.96 bits per heavy atom. The summed E-state index contributed by atoms with van der Waals surface area (Å²) in [6.45, 7) is 0. The van der Waals surface area contributed by atoms with Gasteiger partial charge in [0, 0.05) is 10.6 Å². The molecular weight excluding hydrogens is 338 g/mol. The number of benzene rings is 2. The zero-order valence-corrected chi connectivity index (χ0v) is 13.9. The van der Waals surface area contributed by atoms with Crippen LogP contribution in [-0.4, -0.2) is 27.3 Å². The Morgan fingerprint density at radius 1 is 1.16 bits per heavy atom. The molecule has 2 heterocycles. The molecule has 0 aliphatic carbocycles. The number of methoxy groups -OCH3 is 1. The van der Waals surface area contributed by atoms with E-state index in [9.17, 15) is 0 Å². The van der Waals surface area contributed by atoms with Gasteiger partial charge in [-0.1, -0.05) is 23.7 Å². The first-order valence-corrected chi connectivity index (χ1v) is 7.86. The Labute approximate surface area is 148 Å². The zero-order chi connectivity index (χ0) is 17.4. The van der Waals surface area contributed by atoms with Crippen LogP contribution in [0.3, 0.4) is 0 Å². The van der Waals surface area contributed by atoms with Gasteiger partial charge in [0.25, 0.3) is 0 Å². The van der Waals surface area contributed by atoms with E-state index >= 15 is 0 Å². The van der Waals surface area contributed by atoms with Crippen molar-refractivity contribution in [1.82, 2.24) is 20.2 Å². The molecule has 0 atom stereocenters. The van der Waals surface area contributed by atoms with Gasteiger partial charge in [0.1, 0.15) is 11.4 Å². The van der Waals surface area contributed by atoms with Gasteiger partial charge in [0.15, 0.2) is 11.6 Å². The minimum absolute atomic E-state index is 0.570. The molecule has 0 saturated heterocycles. The largest absolute Gasteiger partial charge is 0.492 e. The molecule has 2 aromatic carbocycles. The van der Waals surface area contributed by atoms with Crippen LogP contribution in [0, 0.1) is 11.3 Å². The number of halogens is 1. The van der Waals surface area contributed by atoms with E-state index in [-0.39, 0.29) is 0 Å². The molecule has 0 radical (unpaired) electrons. The Morgan fingerprint density at radius 3 is 2.68 bits per heavy atom. The lowest BCUT2D eigenvalue weighted by Gasteiger charge is -2.03. The Bertz CT molecular complexity index is 1100. The highest BCUT2D eigenvalue weighted by Crippen LogP contribution is 2.36. The topological polar surface area (TPSA) is 90.4 Å². The van der Waals surface area contributed by atoms with Gasteiger partial charge in [0.2, 0.25) is 0 Å². The highest BCUT2D eigenvalue weighted by molar-refractivity contribution is 6.30. The number of nitrogens with zero attached hydrogens (tertiary/aromatic N) is 3. The van der Waals surface area contributed by atoms with Gasteiger partial charge in [-0.2, -0.15) is 10.4 Å². The van der Waals surface area contributed by atoms with Crippen molar-refractivity contribution in [3.05, 3.63) is 53.1 Å². The number of nitriles is 1. The van der Waals surface area contributed by atoms with Crippen LogP contribution in [0.4, 0.5) is 0 Å². The van der Waals surface area contributed by atoms with Gasteiger partial charge in [-0.05, 0) is 30.3 Å². The molecule has 0 unspecified atom stereocenters. The third-order valence-corrected chi connectivity index (χ3v) is 4.14. The maximum Gasteiger partial charge on any atom is 0.175 e. The summed E-state index contributed by atoms with van der Waals surface area (Å²) in [4.78, 5) is 7.75. The third-order valence-electron chi connectivity index (χ3n) is 3.89. The number of aromatic nitrogens is 4. The van der Waals surface area contributed by atoms with E-state index in [0.29, 0.717) is 33.5 Å². The number of imidazole rings is 1. The molecule has 2 aromatic heterocycles. The van der Waals surface area contributed by atoms with Crippen LogP contribution in [0.15, 0.2) is 42.5 Å². The second-order valence-corrected chi connectivity index (χ2v) is 5.85. The highest BCUT2D eigenvalue weighted by atomic mass is 35.5. The van der Waals surface area contributed by atoms with Crippen molar-refractivity contribution in [1.29, 1.82) is 5.26 Å². The lowest BCUT2D eigenvalue weighted by Crippen LogP contribution is -1.88. The summed E-state index contributed by atoms with van der Waals surface area (Å²) in [6, 6.07) is 14.8. The van der Waals surface area contributed by atoms with E-state index in [2.05, 4.69) is 26.2 Å². The van der Waals surface area contributed by atoms with Crippen LogP contribution in [0.25, 0.3) is 33.8 Å². The average Bonchev–Trinajstić information content (AvgIpc) is 3.24. The lowest BCUT2D eigenvalue weighted by atomic mass is 10.1. The Balaban J connectivity index is 1.83. The van der Waals surface area contributed by atoms with Crippen molar-refractivity contribution in [2.24, 2.45) is 0 Å². The number of H-pyrrole nitrogens is 2. The van der Waals surface area contributed by atoms with Crippen molar-refractivity contribution in [3.8, 4) is 34.6 Å². The second kappa shape index (κ2) is 5.96. The predicted octanol–water partition coefficient (Wildman–Crippen LogP) is 4.15. The molecule has 4 aromatic rings. The van der Waals surface area contributed by atoms with E-state index in [1.807, 2.05) is 12.1 Å². The highest BCUT2D eigenvalue weighted by Gasteiger charge is 2.19. The van der Waals surface area contributed by atoms with Crippen LogP contribution in [0.5, 0.6) is 5.75 Å². The van der Waals surface area contributed by atoms with Gasteiger partial charge in [0.05, 0.1) is 29.8 Å². The summed E-state index contributed by atoms with van der Waals surface area (Å²) in [7, 11) is 1.59. The van der Waals surface area contributed by atoms with Crippen LogP contribution < -0.4 is 4.74 Å². The Kier molecular flexibility index (Phi) is 3.64. The maximum atomic E-state index is 9.02. The van der Waals surface area contributed by atoms with Crippen LogP contribution in [0.1, 0.15) is 5.56 Å². The molecule has 25 heavy (non-hydrogen) atoms. The summed E-state index contributed by atoms with van der Waals surface area (Å²) in [5, 5.41) is 17.0. The molecule has 0 fully saturated rings. The van der Waals surface area contributed by atoms with Gasteiger partial charge >= 0.3 is 0 Å². The number of hydrogen-bond donors (Lipinski definition) is 2. The van der Waals surface area contributed by atoms with E-state index in [1.165, 1.54) is 0 Å². The standard InChI is InChI=1S/C18H12ClN5O/c1-25-17-15(11-3-5-12(19)6-4-11)23-24-16(17)18-21-13-7-2-10(9-20)8-14(13)22-18/h2-8H,1H3,(H,21,22)(H,23,24). The summed E-state index contributed by atoms with van der Waals surface area (Å²) in [5.74, 6) is 1.18. The SMILES string of the molecule is COc1c(-c2ccc(Cl)cc2)n[nH]c1-c1nc2ccc(C#N)cc2[nH]1. The molecular formula is C18H12ClN5O. The number of ether oxygens (including phenoxy) is 1. The molecule has 6 nitrogen and oxygen atoms in total. The number of rotatable bonds is 3. The molecule has 4 rings (SSSR count). The lowest BCUT2D eigenvalue weighted by molar-refractivity contribution is 0.418. The Hall–Kier alpha value is -3.30. The van der Waals surface area contributed by atoms with Crippen molar-refractivity contribution in [3.63, 3.8) is 0 Å². The third kappa shape index (κ3) is 2.61. The second-order valence-electron chi connectivity index (χ2n) is 5.42. The van der Waals surface area contributed by atoms with E-state index in [1.54, 1.807) is 37.4 Å². The molecule has 0 amide bonds. The zero-order valence-electron chi connectivity index (χ0n) is 13.2. The first kappa shape index (κ1) is 15.2. The molecule has 0 aliphatic rings. The smallest absolute Gasteiger partial charge is 0.175 e. The van der Waals surface area contributed by atoms with Crippen molar-refractivity contribution < 1.29 is 4.74 Å². The summed E-state index contributed by atoms with van der Waals surface area (Å²) in [6.07, 6.45) is 0. The maximum absolute atomic E-state index is 9.02. The minimum Gasteiger partial charge on any atom is -0.492 e. The van der Waals surface area contributed by atoms with E-state index < -0.39 is 0 Å². The molecule has 0 aliphatic heterocycles. The molecule has 122 valence electrons. The van der Waals surface area contributed by atoms with Gasteiger partial charge in [-0.15, -0.1) is 0 Å². The van der Waals surface area contributed by atoms with Gasteiger partial charge in [-0.3, -0.25) is 5.10 Å². The normalized spacial score (nSPS) is 10.8. The fourth-order valence-corrected chi connectivity index (χ4v) is 2.82. The summed E-state index contributed by atoms with van der Waals surface area (Å²) >= 11 is 5.95. The van der Waals surface area contributed by atoms with Gasteiger partial charge in [-0.25, -0.2) is 4.98 Å². The molecule has 7 heteroatoms. The first-order chi connectivity index (χ1) is 12.2. The van der Waals surface area contributed by atoms with Crippen LogP contribution in [0.2, 0.25) is 5.02 Å². The van der Waals surface area contributed by atoms with Crippen LogP contribution in [-0.2, 0) is 0 Å². The molecule has 2 N–H and O–H groups in total. The molecule has 0 bridgehead atoms. The fourth-order valence-electron chi connectivity index (χ4n) is 2.69. The van der Waals surface area contributed by atoms with Crippen molar-refractivity contribution in [2.45, 2.75) is 0 Å². The summed E-state index contributed by atoms with van der Waals surface area (Å²) < 4.78 is 5.56.